The first-order valence-corrected chi connectivity index (χ1v) is 11.4. The summed E-state index contributed by atoms with van der Waals surface area (Å²) in [5, 5.41) is 9.50. The van der Waals surface area contributed by atoms with Crippen LogP contribution in [0.25, 0.3) is 0 Å². The molecule has 6 nitrogen and oxygen atoms in total. The van der Waals surface area contributed by atoms with Crippen LogP contribution in [0.4, 0.5) is 0 Å². The number of carbonyl (C=O) groups is 1. The van der Waals surface area contributed by atoms with E-state index in [2.05, 4.69) is 29.2 Å². The van der Waals surface area contributed by atoms with Crippen LogP contribution in [0.5, 0.6) is 11.5 Å². The van der Waals surface area contributed by atoms with E-state index in [0.717, 1.165) is 43.0 Å². The third-order valence-corrected chi connectivity index (χ3v) is 6.95. The van der Waals surface area contributed by atoms with E-state index in [4.69, 9.17) is 14.2 Å². The number of methoxy groups -OCH3 is 2. The maximum Gasteiger partial charge on any atom is 0.306 e. The molecule has 0 bridgehead atoms. The molecular weight excluding hydrogens is 406 g/mol. The second kappa shape index (κ2) is 9.92. The summed E-state index contributed by atoms with van der Waals surface area (Å²) in [5.41, 5.74) is 3.70. The van der Waals surface area contributed by atoms with Gasteiger partial charge in [0, 0.05) is 19.1 Å². The molecule has 0 amide bonds. The molecule has 6 heteroatoms. The molecule has 1 saturated heterocycles. The summed E-state index contributed by atoms with van der Waals surface area (Å²) >= 11 is 0. The van der Waals surface area contributed by atoms with E-state index in [-0.39, 0.29) is 24.0 Å². The molecule has 1 fully saturated rings. The number of rotatable bonds is 8. The predicted octanol–water partition coefficient (Wildman–Crippen LogP) is 4.32. The van der Waals surface area contributed by atoms with Gasteiger partial charge in [-0.25, -0.2) is 0 Å². The van der Waals surface area contributed by atoms with Gasteiger partial charge in [0.25, 0.3) is 0 Å². The Hall–Kier alpha value is -2.57. The Bertz CT molecular complexity index is 931. The highest BCUT2D eigenvalue weighted by Gasteiger charge is 2.40. The van der Waals surface area contributed by atoms with Crippen molar-refractivity contribution in [3.8, 4) is 11.5 Å². The number of ether oxygens (including phenoxy) is 3. The van der Waals surface area contributed by atoms with Crippen LogP contribution in [0.15, 0.2) is 42.5 Å². The molecule has 0 aliphatic carbocycles. The second-order valence-electron chi connectivity index (χ2n) is 8.97. The van der Waals surface area contributed by atoms with Crippen LogP contribution in [0.1, 0.15) is 42.5 Å². The van der Waals surface area contributed by atoms with Crippen molar-refractivity contribution in [1.82, 2.24) is 4.90 Å². The van der Waals surface area contributed by atoms with Crippen LogP contribution < -0.4 is 9.47 Å². The molecule has 0 aromatic heterocycles. The zero-order valence-electron chi connectivity index (χ0n) is 19.1. The molecule has 2 aromatic rings. The van der Waals surface area contributed by atoms with Crippen LogP contribution in [0, 0.1) is 11.8 Å². The predicted molar refractivity (Wildman–Crippen MR) is 122 cm³/mol. The fraction of sp³-hybridized carbons (Fsp3) is 0.500. The Morgan fingerprint density at radius 3 is 2.56 bits per heavy atom. The molecule has 32 heavy (non-hydrogen) atoms. The standard InChI is InChI=1S/C26H33NO5/c1-17(26(28)29)11-20-15-27-10-9-19-12-24(30-2)25(31-3)13-21(19)22(27)14-23(20)32-16-18-7-5-4-6-8-18/h4-8,12-13,17,20,22-23H,9-11,14-16H2,1-3H3,(H,28,29)/t17?,20-,22-,23+/m0/s1. The first kappa shape index (κ1) is 22.6. The Morgan fingerprint density at radius 2 is 1.88 bits per heavy atom. The number of nitrogens with zero attached hydrogens (tertiary/aromatic N) is 1. The fourth-order valence-electron chi connectivity index (χ4n) is 5.17. The fourth-order valence-corrected chi connectivity index (χ4v) is 5.17. The monoisotopic (exact) mass is 439 g/mol. The number of benzene rings is 2. The lowest BCUT2D eigenvalue weighted by molar-refractivity contribution is -0.143. The van der Waals surface area contributed by atoms with Crippen molar-refractivity contribution in [1.29, 1.82) is 0 Å². The van der Waals surface area contributed by atoms with Gasteiger partial charge in [0.2, 0.25) is 0 Å². The highest BCUT2D eigenvalue weighted by molar-refractivity contribution is 5.69. The normalized spacial score (nSPS) is 23.7. The number of carboxylic acids is 1. The SMILES string of the molecule is COc1cc2c(cc1OC)[C@@H]1C[C@@H](OCc3ccccc3)[C@@H](CC(C)C(=O)O)CN1CC2. The Labute approximate surface area is 190 Å². The summed E-state index contributed by atoms with van der Waals surface area (Å²) in [6.45, 7) is 4.13. The van der Waals surface area contributed by atoms with Crippen LogP contribution >= 0.6 is 0 Å². The number of carboxylic acid groups (broad SMARTS) is 1. The van der Waals surface area contributed by atoms with Gasteiger partial charge in [-0.15, -0.1) is 0 Å². The van der Waals surface area contributed by atoms with Gasteiger partial charge in [0.1, 0.15) is 0 Å². The van der Waals surface area contributed by atoms with E-state index in [0.29, 0.717) is 13.0 Å². The summed E-state index contributed by atoms with van der Waals surface area (Å²) in [4.78, 5) is 14.1. The number of hydrogen-bond acceptors (Lipinski definition) is 5. The molecule has 4 rings (SSSR count). The van der Waals surface area contributed by atoms with Gasteiger partial charge in [0.05, 0.1) is 32.8 Å². The minimum atomic E-state index is -0.741. The molecule has 0 saturated carbocycles. The average molecular weight is 440 g/mol. The minimum absolute atomic E-state index is 0.00250. The maximum absolute atomic E-state index is 11.6. The Morgan fingerprint density at radius 1 is 1.16 bits per heavy atom. The van der Waals surface area contributed by atoms with E-state index in [1.807, 2.05) is 18.2 Å². The highest BCUT2D eigenvalue weighted by atomic mass is 16.5. The van der Waals surface area contributed by atoms with Gasteiger partial charge in [-0.1, -0.05) is 37.3 Å². The van der Waals surface area contributed by atoms with Crippen molar-refractivity contribution in [3.05, 3.63) is 59.2 Å². The van der Waals surface area contributed by atoms with E-state index >= 15 is 0 Å². The van der Waals surface area contributed by atoms with Crippen LogP contribution in [0.3, 0.4) is 0 Å². The quantitative estimate of drug-likeness (QED) is 0.661. The van der Waals surface area contributed by atoms with Crippen LogP contribution in [0.2, 0.25) is 0 Å². The van der Waals surface area contributed by atoms with Crippen LogP contribution in [-0.4, -0.2) is 49.4 Å². The zero-order valence-corrected chi connectivity index (χ0v) is 19.1. The lowest BCUT2D eigenvalue weighted by atomic mass is 9.78. The van der Waals surface area contributed by atoms with E-state index < -0.39 is 5.97 Å². The first-order chi connectivity index (χ1) is 15.5. The summed E-state index contributed by atoms with van der Waals surface area (Å²) < 4.78 is 17.5. The lowest BCUT2D eigenvalue weighted by Gasteiger charge is -2.47. The van der Waals surface area contributed by atoms with Crippen molar-refractivity contribution in [2.45, 2.75) is 44.9 Å². The lowest BCUT2D eigenvalue weighted by Crippen LogP contribution is -2.49. The van der Waals surface area contributed by atoms with Gasteiger partial charge < -0.3 is 19.3 Å². The van der Waals surface area contributed by atoms with Crippen molar-refractivity contribution in [2.24, 2.45) is 11.8 Å². The number of hydrogen-bond donors (Lipinski definition) is 1. The van der Waals surface area contributed by atoms with Gasteiger partial charge in [-0.2, -0.15) is 0 Å². The molecule has 0 radical (unpaired) electrons. The van der Waals surface area contributed by atoms with Gasteiger partial charge in [-0.05, 0) is 54.0 Å². The molecule has 2 aromatic carbocycles. The third-order valence-electron chi connectivity index (χ3n) is 6.95. The Kier molecular flexibility index (Phi) is 7.01. The molecule has 1 N–H and O–H groups in total. The van der Waals surface area contributed by atoms with Crippen molar-refractivity contribution >= 4 is 5.97 Å². The summed E-state index contributed by atoms with van der Waals surface area (Å²) in [7, 11) is 3.34. The first-order valence-electron chi connectivity index (χ1n) is 11.4. The maximum atomic E-state index is 11.6. The Balaban J connectivity index is 1.59. The van der Waals surface area contributed by atoms with Gasteiger partial charge >= 0.3 is 5.97 Å². The van der Waals surface area contributed by atoms with E-state index in [1.165, 1.54) is 11.1 Å². The molecule has 172 valence electrons. The van der Waals surface area contributed by atoms with E-state index in [9.17, 15) is 9.90 Å². The number of aliphatic carboxylic acids is 1. The van der Waals surface area contributed by atoms with Crippen LogP contribution in [-0.2, 0) is 22.6 Å². The second-order valence-corrected chi connectivity index (χ2v) is 8.97. The molecule has 2 aliphatic rings. The smallest absolute Gasteiger partial charge is 0.306 e. The molecular formula is C26H33NO5. The summed E-state index contributed by atoms with van der Waals surface area (Å²) in [6.07, 6.45) is 2.41. The molecule has 2 aliphatic heterocycles. The zero-order chi connectivity index (χ0) is 22.7. The number of fused-ring (bicyclic) bond motifs is 3. The number of piperidine rings is 1. The molecule has 2 heterocycles. The summed E-state index contributed by atoms with van der Waals surface area (Å²) in [5.74, 6) is 0.565. The van der Waals surface area contributed by atoms with Gasteiger partial charge in [-0.3, -0.25) is 9.69 Å². The molecule has 1 unspecified atom stereocenters. The van der Waals surface area contributed by atoms with Gasteiger partial charge in [0.15, 0.2) is 11.5 Å². The largest absolute Gasteiger partial charge is 0.493 e. The van der Waals surface area contributed by atoms with Crippen molar-refractivity contribution < 1.29 is 24.1 Å². The van der Waals surface area contributed by atoms with Crippen molar-refractivity contribution in [3.63, 3.8) is 0 Å². The topological polar surface area (TPSA) is 68.2 Å². The third kappa shape index (κ3) is 4.76. The minimum Gasteiger partial charge on any atom is -0.493 e. The van der Waals surface area contributed by atoms with Crippen molar-refractivity contribution in [2.75, 3.05) is 27.3 Å². The highest BCUT2D eigenvalue weighted by Crippen LogP contribution is 2.44. The summed E-state index contributed by atoms with van der Waals surface area (Å²) in [6, 6.07) is 14.6. The van der Waals surface area contributed by atoms with E-state index in [1.54, 1.807) is 21.1 Å². The molecule has 4 atom stereocenters. The molecule has 0 spiro atoms. The average Bonchev–Trinajstić information content (AvgIpc) is 2.82.